The van der Waals surface area contributed by atoms with E-state index < -0.39 is 29.7 Å². The number of hydrogen-bond acceptors (Lipinski definition) is 14. The van der Waals surface area contributed by atoms with Gasteiger partial charge in [0.25, 0.3) is 11.8 Å². The molecular weight excluding hydrogens is 852 g/mol. The van der Waals surface area contributed by atoms with Crippen LogP contribution in [0.2, 0.25) is 0 Å². The monoisotopic (exact) mass is 904 g/mol. The minimum atomic E-state index is -1.00. The second-order valence-electron chi connectivity index (χ2n) is 16.8. The number of ether oxygens (including phenoxy) is 1. The summed E-state index contributed by atoms with van der Waals surface area (Å²) >= 11 is 0. The molecule has 6 heterocycles. The Labute approximate surface area is 382 Å². The van der Waals surface area contributed by atoms with Crippen LogP contribution in [0.4, 0.5) is 28.8 Å². The first-order valence-electron chi connectivity index (χ1n) is 21.8. The van der Waals surface area contributed by atoms with E-state index in [1.54, 1.807) is 23.0 Å². The van der Waals surface area contributed by atoms with E-state index in [-0.39, 0.29) is 48.8 Å². The minimum absolute atomic E-state index is 0. The predicted molar refractivity (Wildman–Crippen MR) is 247 cm³/mol. The highest BCUT2D eigenvalue weighted by molar-refractivity contribution is 6.23. The van der Waals surface area contributed by atoms with Crippen molar-refractivity contribution in [1.29, 1.82) is 0 Å². The Morgan fingerprint density at radius 2 is 1.65 bits per heavy atom. The molecule has 0 spiro atoms. The number of hydrogen-bond donors (Lipinski definition) is 4. The molecule has 2 aromatic heterocycles. The smallest absolute Gasteiger partial charge is 0.262 e. The number of piperidine rings is 1. The van der Waals surface area contributed by atoms with Crippen LogP contribution in [0.1, 0.15) is 55.8 Å². The number of imide groups is 2. The standard InChI is InChI=1S/C46H52N12O6.ClH/c1-28-5-4-6-29(2)40(28)51-41-36-25-48-46(52-42(36)54(3)53-41)49-32-8-7-30-13-15-55(26-31(30)23-32)20-22-64-21-14-47-39(60)27-56-16-18-57(19-17-56)33-9-10-34-35(24-33)45(63)58(44(34)62)37-11-12-38(59)50-43(37)61;/h4-10,23-25,37H,11-22,26-27H2,1-3H3,(H,47,60)(H,51,53)(H,48,49,52)(H,50,59,61);1H. The molecule has 2 saturated heterocycles. The number of piperazine rings is 1. The number of aryl methyl sites for hydroxylation is 3. The van der Waals surface area contributed by atoms with Crippen molar-refractivity contribution in [3.05, 3.63) is 94.2 Å². The zero-order valence-electron chi connectivity index (χ0n) is 36.7. The highest BCUT2D eigenvalue weighted by Gasteiger charge is 2.45. The van der Waals surface area contributed by atoms with E-state index in [4.69, 9.17) is 14.8 Å². The van der Waals surface area contributed by atoms with Crippen LogP contribution in [-0.4, -0.2) is 136 Å². The molecule has 5 aromatic rings. The first-order chi connectivity index (χ1) is 31.0. The molecular formula is C46H53ClN12O6. The van der Waals surface area contributed by atoms with Crippen molar-refractivity contribution in [2.24, 2.45) is 7.05 Å². The summed E-state index contributed by atoms with van der Waals surface area (Å²) in [6.07, 6.45) is 2.94. The average Bonchev–Trinajstić information content (AvgIpc) is 3.73. The number of halogens is 1. The van der Waals surface area contributed by atoms with Crippen molar-refractivity contribution in [3.8, 4) is 0 Å². The zero-order valence-corrected chi connectivity index (χ0v) is 37.5. The number of aromatic nitrogens is 4. The van der Waals surface area contributed by atoms with Gasteiger partial charge in [-0.25, -0.2) is 9.67 Å². The van der Waals surface area contributed by atoms with Gasteiger partial charge in [0.2, 0.25) is 23.7 Å². The number of amides is 5. The number of nitrogens with zero attached hydrogens (tertiary/aromatic N) is 8. The summed E-state index contributed by atoms with van der Waals surface area (Å²) in [5.41, 5.74) is 8.84. The average molecular weight is 905 g/mol. The van der Waals surface area contributed by atoms with Gasteiger partial charge in [0.05, 0.1) is 36.3 Å². The first kappa shape index (κ1) is 45.1. The maximum absolute atomic E-state index is 13.3. The van der Waals surface area contributed by atoms with Gasteiger partial charge in [0, 0.05) is 89.1 Å². The molecule has 340 valence electrons. The van der Waals surface area contributed by atoms with E-state index in [2.05, 4.69) is 85.1 Å². The Morgan fingerprint density at radius 1 is 0.862 bits per heavy atom. The van der Waals surface area contributed by atoms with Crippen LogP contribution in [0.15, 0.2) is 60.8 Å². The maximum Gasteiger partial charge on any atom is 0.262 e. The van der Waals surface area contributed by atoms with Gasteiger partial charge in [0.1, 0.15) is 6.04 Å². The molecule has 1 atom stereocenters. The van der Waals surface area contributed by atoms with Gasteiger partial charge in [-0.15, -0.1) is 12.4 Å². The lowest BCUT2D eigenvalue weighted by Gasteiger charge is -2.35. The van der Waals surface area contributed by atoms with Gasteiger partial charge in [-0.05, 0) is 79.3 Å². The molecule has 65 heavy (non-hydrogen) atoms. The van der Waals surface area contributed by atoms with Gasteiger partial charge in [-0.2, -0.15) is 10.1 Å². The molecule has 18 nitrogen and oxygen atoms in total. The Kier molecular flexibility index (Phi) is 13.4. The van der Waals surface area contributed by atoms with Gasteiger partial charge in [-0.1, -0.05) is 24.3 Å². The molecule has 19 heteroatoms. The maximum atomic E-state index is 13.3. The van der Waals surface area contributed by atoms with Crippen molar-refractivity contribution in [1.82, 2.24) is 45.1 Å². The molecule has 4 N–H and O–H groups in total. The van der Waals surface area contributed by atoms with E-state index >= 15 is 0 Å². The summed E-state index contributed by atoms with van der Waals surface area (Å²) < 4.78 is 7.69. The van der Waals surface area contributed by atoms with Crippen molar-refractivity contribution in [3.63, 3.8) is 0 Å². The quantitative estimate of drug-likeness (QED) is 0.0932. The second-order valence-corrected chi connectivity index (χ2v) is 16.8. The highest BCUT2D eigenvalue weighted by Crippen LogP contribution is 2.32. The number of carbonyl (C=O) groups is 5. The van der Waals surface area contributed by atoms with Crippen molar-refractivity contribution < 1.29 is 28.7 Å². The van der Waals surface area contributed by atoms with E-state index in [1.807, 2.05) is 19.2 Å². The molecule has 5 amide bonds. The van der Waals surface area contributed by atoms with Crippen LogP contribution < -0.4 is 26.2 Å². The molecule has 3 aromatic carbocycles. The fourth-order valence-electron chi connectivity index (χ4n) is 8.97. The Bertz CT molecular complexity index is 2640. The summed E-state index contributed by atoms with van der Waals surface area (Å²) in [4.78, 5) is 80.2. The third kappa shape index (κ3) is 9.66. The third-order valence-electron chi connectivity index (χ3n) is 12.5. The normalized spacial score (nSPS) is 17.7. The van der Waals surface area contributed by atoms with Crippen LogP contribution in [0.3, 0.4) is 0 Å². The van der Waals surface area contributed by atoms with Gasteiger partial charge >= 0.3 is 0 Å². The number of carbonyl (C=O) groups excluding carboxylic acids is 5. The predicted octanol–water partition coefficient (Wildman–Crippen LogP) is 3.60. The fraction of sp³-hybridized carbons (Fsp3) is 0.391. The van der Waals surface area contributed by atoms with Crippen molar-refractivity contribution in [2.45, 2.75) is 45.7 Å². The summed E-state index contributed by atoms with van der Waals surface area (Å²) in [6, 6.07) is 16.7. The van der Waals surface area contributed by atoms with E-state index in [1.165, 1.54) is 11.1 Å². The summed E-state index contributed by atoms with van der Waals surface area (Å²) in [5, 5.41) is 17.6. The molecule has 9 rings (SSSR count). The molecule has 0 saturated carbocycles. The Balaban J connectivity index is 0.00000576. The molecule has 0 radical (unpaired) electrons. The number of fused-ring (bicyclic) bond motifs is 3. The number of nitrogens with one attached hydrogen (secondary N) is 4. The van der Waals surface area contributed by atoms with Crippen LogP contribution in [-0.2, 0) is 39.1 Å². The minimum Gasteiger partial charge on any atom is -0.378 e. The van der Waals surface area contributed by atoms with Crippen LogP contribution in [0.5, 0.6) is 0 Å². The topological polar surface area (TPSA) is 199 Å². The van der Waals surface area contributed by atoms with Crippen LogP contribution >= 0.6 is 12.4 Å². The number of anilines is 5. The van der Waals surface area contributed by atoms with E-state index in [0.29, 0.717) is 57.7 Å². The SMILES string of the molecule is Cc1cccc(C)c1Nc1nn(C)c2nc(Nc3ccc4c(c3)CN(CCOCCNC(=O)CN3CCN(c5ccc6c(c5)C(=O)N(C5CCC(=O)NC5=O)C6=O)CC3)CC4)ncc12.Cl. The summed E-state index contributed by atoms with van der Waals surface area (Å²) in [5.74, 6) is -0.942. The number of para-hydroxylation sites is 1. The lowest BCUT2D eigenvalue weighted by atomic mass is 9.99. The summed E-state index contributed by atoms with van der Waals surface area (Å²) in [6.45, 7) is 10.9. The molecule has 4 aliphatic rings. The fourth-order valence-corrected chi connectivity index (χ4v) is 8.97. The zero-order chi connectivity index (χ0) is 44.5. The first-order valence-corrected chi connectivity index (χ1v) is 21.8. The molecule has 2 fully saturated rings. The molecule has 0 aliphatic carbocycles. The lowest BCUT2D eigenvalue weighted by Crippen LogP contribution is -2.54. The van der Waals surface area contributed by atoms with Crippen molar-refractivity contribution >= 4 is 81.8 Å². The largest absolute Gasteiger partial charge is 0.378 e. The molecule has 1 unspecified atom stereocenters. The van der Waals surface area contributed by atoms with Gasteiger partial charge in [-0.3, -0.25) is 44.0 Å². The third-order valence-corrected chi connectivity index (χ3v) is 12.5. The van der Waals surface area contributed by atoms with E-state index in [9.17, 15) is 24.0 Å². The van der Waals surface area contributed by atoms with Crippen LogP contribution in [0.25, 0.3) is 11.0 Å². The summed E-state index contributed by atoms with van der Waals surface area (Å²) in [7, 11) is 1.88. The molecule has 4 aliphatic heterocycles. The van der Waals surface area contributed by atoms with E-state index in [0.717, 1.165) is 70.2 Å². The Morgan fingerprint density at radius 3 is 2.43 bits per heavy atom. The number of benzene rings is 3. The Hall–Kier alpha value is -6.47. The number of rotatable bonds is 14. The molecule has 0 bridgehead atoms. The van der Waals surface area contributed by atoms with Crippen molar-refractivity contribution in [2.75, 3.05) is 81.1 Å². The highest BCUT2D eigenvalue weighted by atomic mass is 35.5. The lowest BCUT2D eigenvalue weighted by molar-refractivity contribution is -0.136. The van der Waals surface area contributed by atoms with Gasteiger partial charge < -0.3 is 25.6 Å². The van der Waals surface area contributed by atoms with Gasteiger partial charge in [0.15, 0.2) is 11.5 Å². The second kappa shape index (κ2) is 19.3. The van der Waals surface area contributed by atoms with Crippen LogP contribution in [0, 0.1) is 13.8 Å².